The maximum Gasteiger partial charge on any atom is 0.220 e. The van der Waals surface area contributed by atoms with Crippen molar-refractivity contribution in [3.63, 3.8) is 0 Å². The summed E-state index contributed by atoms with van der Waals surface area (Å²) in [7, 11) is 0. The number of rotatable bonds is 7. The van der Waals surface area contributed by atoms with Crippen LogP contribution >= 0.6 is 0 Å². The van der Waals surface area contributed by atoms with Crippen molar-refractivity contribution in [2.24, 2.45) is 0 Å². The Labute approximate surface area is 136 Å². The summed E-state index contributed by atoms with van der Waals surface area (Å²) in [5.41, 5.74) is 3.88. The number of carbonyl (C=O) groups excluding carboxylic acids is 1. The topological polar surface area (TPSA) is 70.7 Å². The van der Waals surface area contributed by atoms with E-state index in [4.69, 9.17) is 5.26 Å². The van der Waals surface area contributed by atoms with Crippen LogP contribution in [0.3, 0.4) is 0 Å². The van der Waals surface area contributed by atoms with E-state index < -0.39 is 0 Å². The van der Waals surface area contributed by atoms with Crippen LogP contribution in [0.4, 0.5) is 0 Å². The van der Waals surface area contributed by atoms with E-state index in [1.165, 1.54) is 0 Å². The predicted molar refractivity (Wildman–Crippen MR) is 88.8 cm³/mol. The predicted octanol–water partition coefficient (Wildman–Crippen LogP) is 2.51. The highest BCUT2D eigenvalue weighted by Gasteiger charge is 2.03. The van der Waals surface area contributed by atoms with Gasteiger partial charge in [0, 0.05) is 25.2 Å². The second kappa shape index (κ2) is 8.14. The molecule has 2 aromatic rings. The molecule has 1 aromatic heterocycles. The minimum atomic E-state index is 0.0581. The minimum Gasteiger partial charge on any atom is -0.356 e. The molecule has 0 saturated heterocycles. The zero-order chi connectivity index (χ0) is 16.7. The van der Waals surface area contributed by atoms with E-state index in [2.05, 4.69) is 22.6 Å². The summed E-state index contributed by atoms with van der Waals surface area (Å²) >= 11 is 0. The summed E-state index contributed by atoms with van der Waals surface area (Å²) in [5, 5.41) is 16.1. The molecular formula is C18H22N4O. The quantitative estimate of drug-likeness (QED) is 0.799. The number of hydrogen-bond acceptors (Lipinski definition) is 3. The van der Waals surface area contributed by atoms with Gasteiger partial charge >= 0.3 is 0 Å². The zero-order valence-corrected chi connectivity index (χ0v) is 13.7. The molecule has 0 saturated carbocycles. The van der Waals surface area contributed by atoms with Gasteiger partial charge in [0.15, 0.2) is 0 Å². The van der Waals surface area contributed by atoms with Gasteiger partial charge in [0.2, 0.25) is 5.91 Å². The van der Waals surface area contributed by atoms with E-state index in [1.807, 2.05) is 30.7 Å². The molecule has 5 nitrogen and oxygen atoms in total. The van der Waals surface area contributed by atoms with Gasteiger partial charge in [0.05, 0.1) is 17.3 Å². The maximum atomic E-state index is 11.8. The lowest BCUT2D eigenvalue weighted by molar-refractivity contribution is -0.121. The van der Waals surface area contributed by atoms with Crippen molar-refractivity contribution in [2.45, 2.75) is 39.7 Å². The summed E-state index contributed by atoms with van der Waals surface area (Å²) in [6, 6.07) is 11.5. The number of nitrogens with one attached hydrogen (secondary N) is 1. The summed E-state index contributed by atoms with van der Waals surface area (Å²) in [4.78, 5) is 11.8. The number of nitriles is 1. The second-order valence-electron chi connectivity index (χ2n) is 5.66. The van der Waals surface area contributed by atoms with Gasteiger partial charge in [0.25, 0.3) is 0 Å². The van der Waals surface area contributed by atoms with E-state index in [0.717, 1.165) is 29.9 Å². The van der Waals surface area contributed by atoms with Crippen LogP contribution in [0.5, 0.6) is 0 Å². The molecule has 0 aliphatic rings. The molecule has 2 rings (SSSR count). The summed E-state index contributed by atoms with van der Waals surface area (Å²) in [6.07, 6.45) is 2.02. The van der Waals surface area contributed by atoms with Crippen molar-refractivity contribution >= 4 is 5.91 Å². The first-order valence-electron chi connectivity index (χ1n) is 7.85. The number of benzene rings is 1. The molecule has 0 aliphatic heterocycles. The van der Waals surface area contributed by atoms with Gasteiger partial charge in [-0.1, -0.05) is 12.1 Å². The molecule has 0 radical (unpaired) electrons. The van der Waals surface area contributed by atoms with Crippen LogP contribution in [-0.2, 0) is 17.8 Å². The Morgan fingerprint density at radius 2 is 2.04 bits per heavy atom. The van der Waals surface area contributed by atoms with Crippen LogP contribution in [0.1, 0.15) is 35.4 Å². The van der Waals surface area contributed by atoms with Gasteiger partial charge in [0.1, 0.15) is 0 Å². The number of hydrogen-bond donors (Lipinski definition) is 1. The SMILES string of the molecule is Cc1cc(C)n(CCCNC(=O)CCc2ccc(C#N)cc2)n1. The molecule has 0 aliphatic carbocycles. The molecule has 0 spiro atoms. The maximum absolute atomic E-state index is 11.8. The van der Waals surface area contributed by atoms with Crippen molar-refractivity contribution in [3.8, 4) is 6.07 Å². The average Bonchev–Trinajstić information content (AvgIpc) is 2.87. The van der Waals surface area contributed by atoms with E-state index in [9.17, 15) is 4.79 Å². The van der Waals surface area contributed by atoms with Crippen LogP contribution in [0.25, 0.3) is 0 Å². The number of nitrogens with zero attached hydrogens (tertiary/aromatic N) is 3. The fraction of sp³-hybridized carbons (Fsp3) is 0.389. The van der Waals surface area contributed by atoms with Gasteiger partial charge in [-0.3, -0.25) is 9.48 Å². The van der Waals surface area contributed by atoms with Crippen LogP contribution < -0.4 is 5.32 Å². The van der Waals surface area contributed by atoms with Crippen molar-refractivity contribution in [1.29, 1.82) is 5.26 Å². The Kier molecular flexibility index (Phi) is 5.93. The van der Waals surface area contributed by atoms with Crippen molar-refractivity contribution in [1.82, 2.24) is 15.1 Å². The van der Waals surface area contributed by atoms with Crippen LogP contribution in [0.15, 0.2) is 30.3 Å². The first kappa shape index (κ1) is 16.8. The molecule has 0 atom stereocenters. The Morgan fingerprint density at radius 1 is 1.30 bits per heavy atom. The normalized spacial score (nSPS) is 10.3. The zero-order valence-electron chi connectivity index (χ0n) is 13.7. The second-order valence-corrected chi connectivity index (χ2v) is 5.66. The van der Waals surface area contributed by atoms with E-state index in [-0.39, 0.29) is 5.91 Å². The standard InChI is InChI=1S/C18H22N4O/c1-14-12-15(2)22(21-14)11-3-10-20-18(23)9-8-16-4-6-17(13-19)7-5-16/h4-7,12H,3,8-11H2,1-2H3,(H,20,23). The average molecular weight is 310 g/mol. The first-order chi connectivity index (χ1) is 11.1. The molecule has 120 valence electrons. The van der Waals surface area contributed by atoms with Crippen LogP contribution in [0.2, 0.25) is 0 Å². The number of amides is 1. The molecular weight excluding hydrogens is 288 g/mol. The molecule has 1 heterocycles. The highest BCUT2D eigenvalue weighted by Crippen LogP contribution is 2.06. The smallest absolute Gasteiger partial charge is 0.220 e. The van der Waals surface area contributed by atoms with Crippen molar-refractivity contribution < 1.29 is 4.79 Å². The van der Waals surface area contributed by atoms with Gasteiger partial charge < -0.3 is 5.32 Å². The molecule has 1 N–H and O–H groups in total. The molecule has 0 bridgehead atoms. The number of aromatic nitrogens is 2. The van der Waals surface area contributed by atoms with Crippen molar-refractivity contribution in [2.75, 3.05) is 6.54 Å². The third-order valence-corrected chi connectivity index (χ3v) is 3.70. The fourth-order valence-corrected chi connectivity index (χ4v) is 2.45. The molecule has 0 unspecified atom stereocenters. The van der Waals surface area contributed by atoms with Crippen LogP contribution in [-0.4, -0.2) is 22.2 Å². The highest BCUT2D eigenvalue weighted by molar-refractivity contribution is 5.76. The molecule has 23 heavy (non-hydrogen) atoms. The van der Waals surface area contributed by atoms with Gasteiger partial charge in [-0.25, -0.2) is 0 Å². The highest BCUT2D eigenvalue weighted by atomic mass is 16.1. The molecule has 1 aromatic carbocycles. The van der Waals surface area contributed by atoms with Gasteiger partial charge in [-0.15, -0.1) is 0 Å². The Bertz CT molecular complexity index is 695. The summed E-state index contributed by atoms with van der Waals surface area (Å²) < 4.78 is 1.97. The molecule has 1 amide bonds. The number of carbonyl (C=O) groups is 1. The lowest BCUT2D eigenvalue weighted by Gasteiger charge is -2.07. The lowest BCUT2D eigenvalue weighted by atomic mass is 10.1. The first-order valence-corrected chi connectivity index (χ1v) is 7.85. The third kappa shape index (κ3) is 5.26. The Morgan fingerprint density at radius 3 is 2.65 bits per heavy atom. The molecule has 0 fully saturated rings. The third-order valence-electron chi connectivity index (χ3n) is 3.70. The fourth-order valence-electron chi connectivity index (χ4n) is 2.45. The monoisotopic (exact) mass is 310 g/mol. The Hall–Kier alpha value is -2.61. The largest absolute Gasteiger partial charge is 0.356 e. The number of aryl methyl sites for hydroxylation is 4. The van der Waals surface area contributed by atoms with E-state index >= 15 is 0 Å². The minimum absolute atomic E-state index is 0.0581. The molecule has 5 heteroatoms. The van der Waals surface area contributed by atoms with Crippen LogP contribution in [0, 0.1) is 25.2 Å². The van der Waals surface area contributed by atoms with Crippen molar-refractivity contribution in [3.05, 3.63) is 52.8 Å². The van der Waals surface area contributed by atoms with E-state index in [0.29, 0.717) is 24.9 Å². The van der Waals surface area contributed by atoms with Gasteiger partial charge in [-0.05, 0) is 50.5 Å². The van der Waals surface area contributed by atoms with E-state index in [1.54, 1.807) is 12.1 Å². The lowest BCUT2D eigenvalue weighted by Crippen LogP contribution is -2.25. The Balaban J connectivity index is 1.65. The van der Waals surface area contributed by atoms with Gasteiger partial charge in [-0.2, -0.15) is 10.4 Å². The summed E-state index contributed by atoms with van der Waals surface area (Å²) in [6.45, 7) is 5.49. The summed E-state index contributed by atoms with van der Waals surface area (Å²) in [5.74, 6) is 0.0581.